The number of ether oxygens (including phenoxy) is 1. The van der Waals surface area contributed by atoms with Gasteiger partial charge in [-0.15, -0.1) is 11.3 Å². The van der Waals surface area contributed by atoms with Crippen LogP contribution in [0.5, 0.6) is 5.75 Å². The summed E-state index contributed by atoms with van der Waals surface area (Å²) in [5, 5.41) is 2.75. The Labute approximate surface area is 153 Å². The SMILES string of the molecule is O=C(/C=C/c1ccc(COc2c(Cl)cccc2Cl)o1)c1cccs1. The molecule has 122 valence electrons. The van der Waals surface area contributed by atoms with Crippen LogP contribution in [0.4, 0.5) is 0 Å². The predicted molar refractivity (Wildman–Crippen MR) is 97.2 cm³/mol. The molecule has 2 aromatic heterocycles. The summed E-state index contributed by atoms with van der Waals surface area (Å²) >= 11 is 13.5. The van der Waals surface area contributed by atoms with Gasteiger partial charge in [-0.25, -0.2) is 0 Å². The lowest BCUT2D eigenvalue weighted by molar-refractivity contribution is 0.105. The first-order valence-electron chi connectivity index (χ1n) is 7.05. The van der Waals surface area contributed by atoms with Gasteiger partial charge >= 0.3 is 0 Å². The van der Waals surface area contributed by atoms with Crippen LogP contribution in [0.1, 0.15) is 21.2 Å². The zero-order valence-electron chi connectivity index (χ0n) is 12.4. The molecule has 3 nitrogen and oxygen atoms in total. The van der Waals surface area contributed by atoms with Crippen LogP contribution in [-0.4, -0.2) is 5.78 Å². The predicted octanol–water partition coefficient (Wildman–Crippen LogP) is 6.12. The van der Waals surface area contributed by atoms with E-state index in [-0.39, 0.29) is 12.4 Å². The Bertz CT molecular complexity index is 846. The van der Waals surface area contributed by atoms with Gasteiger partial charge in [0.2, 0.25) is 0 Å². The standard InChI is InChI=1S/C18H12Cl2O3S/c19-14-3-1-4-15(20)18(14)22-11-13-7-6-12(23-13)8-9-16(21)17-5-2-10-24-17/h1-10H,11H2/b9-8+. The molecule has 0 N–H and O–H groups in total. The van der Waals surface area contributed by atoms with Crippen LogP contribution in [0.2, 0.25) is 10.0 Å². The van der Waals surface area contributed by atoms with Crippen LogP contribution in [0, 0.1) is 0 Å². The molecule has 3 rings (SSSR count). The second kappa shape index (κ2) is 7.71. The fourth-order valence-electron chi connectivity index (χ4n) is 1.98. The molecule has 6 heteroatoms. The molecule has 0 saturated heterocycles. The number of ketones is 1. The van der Waals surface area contributed by atoms with Gasteiger partial charge in [0.05, 0.1) is 14.9 Å². The number of benzene rings is 1. The average Bonchev–Trinajstić information content (AvgIpc) is 3.24. The maximum atomic E-state index is 11.9. The molecule has 0 atom stereocenters. The number of thiophene rings is 1. The van der Waals surface area contributed by atoms with Gasteiger partial charge in [0.1, 0.15) is 18.1 Å². The summed E-state index contributed by atoms with van der Waals surface area (Å²) in [4.78, 5) is 12.6. The fourth-order valence-corrected chi connectivity index (χ4v) is 3.14. The molecular formula is C18H12Cl2O3S. The molecule has 1 aromatic carbocycles. The number of rotatable bonds is 6. The molecule has 0 aliphatic rings. The molecule has 3 aromatic rings. The number of carbonyl (C=O) groups excluding carboxylic acids is 1. The molecule has 0 unspecified atom stereocenters. The third-order valence-electron chi connectivity index (χ3n) is 3.12. The first-order valence-corrected chi connectivity index (χ1v) is 8.68. The number of carbonyl (C=O) groups is 1. The Hall–Kier alpha value is -2.01. The monoisotopic (exact) mass is 378 g/mol. The van der Waals surface area contributed by atoms with Crippen molar-refractivity contribution in [3.63, 3.8) is 0 Å². The third-order valence-corrected chi connectivity index (χ3v) is 4.60. The lowest BCUT2D eigenvalue weighted by Crippen LogP contribution is -1.95. The van der Waals surface area contributed by atoms with Crippen molar-refractivity contribution in [2.75, 3.05) is 0 Å². The normalized spacial score (nSPS) is 11.1. The highest BCUT2D eigenvalue weighted by atomic mass is 35.5. The summed E-state index contributed by atoms with van der Waals surface area (Å²) in [5.41, 5.74) is 0. The van der Waals surface area contributed by atoms with Crippen LogP contribution >= 0.6 is 34.5 Å². The van der Waals surface area contributed by atoms with Gasteiger partial charge in [-0.1, -0.05) is 35.3 Å². The number of allylic oxidation sites excluding steroid dienone is 1. The third kappa shape index (κ3) is 4.09. The zero-order valence-corrected chi connectivity index (χ0v) is 14.7. The average molecular weight is 379 g/mol. The van der Waals surface area contributed by atoms with E-state index in [1.54, 1.807) is 42.5 Å². The van der Waals surface area contributed by atoms with Crippen LogP contribution < -0.4 is 4.74 Å². The van der Waals surface area contributed by atoms with E-state index in [0.29, 0.717) is 32.2 Å². The van der Waals surface area contributed by atoms with Gasteiger partial charge in [0.25, 0.3) is 0 Å². The zero-order chi connectivity index (χ0) is 16.9. The first kappa shape index (κ1) is 16.8. The number of hydrogen-bond donors (Lipinski definition) is 0. The van der Waals surface area contributed by atoms with E-state index in [2.05, 4.69) is 0 Å². The van der Waals surface area contributed by atoms with E-state index in [0.717, 1.165) is 0 Å². The van der Waals surface area contributed by atoms with Crippen LogP contribution in [0.25, 0.3) is 6.08 Å². The van der Waals surface area contributed by atoms with Gasteiger partial charge in [-0.2, -0.15) is 0 Å². The summed E-state index contributed by atoms with van der Waals surface area (Å²) < 4.78 is 11.2. The minimum Gasteiger partial charge on any atom is -0.483 e. The maximum Gasteiger partial charge on any atom is 0.195 e. The van der Waals surface area contributed by atoms with Crippen LogP contribution in [0.3, 0.4) is 0 Å². The molecule has 24 heavy (non-hydrogen) atoms. The van der Waals surface area contributed by atoms with E-state index in [1.165, 1.54) is 17.4 Å². The van der Waals surface area contributed by atoms with Gasteiger partial charge < -0.3 is 9.15 Å². The quantitative estimate of drug-likeness (QED) is 0.382. The molecule has 0 saturated carbocycles. The Kier molecular flexibility index (Phi) is 5.41. The minimum atomic E-state index is -0.0537. The van der Waals surface area contributed by atoms with Crippen molar-refractivity contribution < 1.29 is 13.9 Å². The lowest BCUT2D eigenvalue weighted by Gasteiger charge is -2.07. The van der Waals surface area contributed by atoms with E-state index < -0.39 is 0 Å². The smallest absolute Gasteiger partial charge is 0.195 e. The fraction of sp³-hybridized carbons (Fsp3) is 0.0556. The molecule has 0 fully saturated rings. The largest absolute Gasteiger partial charge is 0.483 e. The van der Waals surface area contributed by atoms with Crippen molar-refractivity contribution in [1.29, 1.82) is 0 Å². The highest BCUT2D eigenvalue weighted by Crippen LogP contribution is 2.33. The summed E-state index contributed by atoms with van der Waals surface area (Å²) in [7, 11) is 0. The summed E-state index contributed by atoms with van der Waals surface area (Å²) in [6.45, 7) is 0.191. The van der Waals surface area contributed by atoms with Crippen molar-refractivity contribution in [2.24, 2.45) is 0 Å². The Morgan fingerprint density at radius 2 is 1.92 bits per heavy atom. The summed E-state index contributed by atoms with van der Waals surface area (Å²) in [6.07, 6.45) is 3.12. The molecule has 0 spiro atoms. The highest BCUT2D eigenvalue weighted by Gasteiger charge is 2.09. The summed E-state index contributed by atoms with van der Waals surface area (Å²) in [6, 6.07) is 12.3. The first-order chi connectivity index (χ1) is 11.6. The van der Waals surface area contributed by atoms with Gasteiger partial charge in [-0.3, -0.25) is 4.79 Å². The molecule has 0 aliphatic heterocycles. The van der Waals surface area contributed by atoms with E-state index >= 15 is 0 Å². The number of para-hydroxylation sites is 1. The Morgan fingerprint density at radius 1 is 1.12 bits per heavy atom. The van der Waals surface area contributed by atoms with E-state index in [9.17, 15) is 4.79 Å². The van der Waals surface area contributed by atoms with E-state index in [4.69, 9.17) is 32.4 Å². The lowest BCUT2D eigenvalue weighted by atomic mass is 10.3. The number of halogens is 2. The van der Waals surface area contributed by atoms with Gasteiger partial charge in [0, 0.05) is 0 Å². The minimum absolute atomic E-state index is 0.0537. The Morgan fingerprint density at radius 3 is 2.62 bits per heavy atom. The maximum absolute atomic E-state index is 11.9. The second-order valence-electron chi connectivity index (χ2n) is 4.82. The Balaban J connectivity index is 1.62. The van der Waals surface area contributed by atoms with Crippen molar-refractivity contribution in [3.05, 3.63) is 80.4 Å². The van der Waals surface area contributed by atoms with Crippen LogP contribution in [0.15, 0.2) is 58.3 Å². The van der Waals surface area contributed by atoms with Gasteiger partial charge in [0.15, 0.2) is 11.5 Å². The topological polar surface area (TPSA) is 39.4 Å². The molecule has 2 heterocycles. The van der Waals surface area contributed by atoms with Crippen molar-refractivity contribution in [3.8, 4) is 5.75 Å². The van der Waals surface area contributed by atoms with Crippen molar-refractivity contribution in [2.45, 2.75) is 6.61 Å². The molecule has 0 aliphatic carbocycles. The number of hydrogen-bond acceptors (Lipinski definition) is 4. The summed E-state index contributed by atoms with van der Waals surface area (Å²) in [5.74, 6) is 1.54. The molecule has 0 amide bonds. The second-order valence-corrected chi connectivity index (χ2v) is 6.58. The van der Waals surface area contributed by atoms with E-state index in [1.807, 2.05) is 11.4 Å². The van der Waals surface area contributed by atoms with Gasteiger partial charge in [-0.05, 0) is 47.9 Å². The van der Waals surface area contributed by atoms with Crippen LogP contribution in [-0.2, 0) is 6.61 Å². The molecule has 0 bridgehead atoms. The highest BCUT2D eigenvalue weighted by molar-refractivity contribution is 7.12. The molecular weight excluding hydrogens is 367 g/mol. The molecule has 0 radical (unpaired) electrons. The van der Waals surface area contributed by atoms with Crippen molar-refractivity contribution in [1.82, 2.24) is 0 Å². The van der Waals surface area contributed by atoms with Crippen molar-refractivity contribution >= 4 is 46.4 Å². The number of furan rings is 1.